The molecular formula is C20H23N3O2S. The van der Waals surface area contributed by atoms with Gasteiger partial charge in [-0.05, 0) is 64.1 Å². The number of hydrogen-bond acceptors (Lipinski definition) is 3. The SMILES string of the molecule is CC(C)N(C(=O)N=[S@@](=O)(c1ccccc1)c1ccc(C#N)cc1)C(C)C. The fourth-order valence-electron chi connectivity index (χ4n) is 2.76. The Morgan fingerprint density at radius 1 is 0.962 bits per heavy atom. The van der Waals surface area contributed by atoms with Crippen LogP contribution in [0, 0.1) is 11.3 Å². The Kier molecular flexibility index (Phi) is 6.17. The predicted octanol–water partition coefficient (Wildman–Crippen LogP) is 4.68. The number of carbonyl (C=O) groups excluding carboxylic acids is 1. The first-order chi connectivity index (χ1) is 12.3. The molecule has 0 spiro atoms. The molecule has 0 saturated heterocycles. The first-order valence-electron chi connectivity index (χ1n) is 8.44. The van der Waals surface area contributed by atoms with Crippen LogP contribution in [0.15, 0.2) is 68.8 Å². The minimum atomic E-state index is -3.16. The molecule has 0 unspecified atom stereocenters. The quantitative estimate of drug-likeness (QED) is 0.785. The van der Waals surface area contributed by atoms with E-state index in [0.717, 1.165) is 0 Å². The highest BCUT2D eigenvalue weighted by atomic mass is 32.2. The van der Waals surface area contributed by atoms with Crippen LogP contribution in [0.4, 0.5) is 4.79 Å². The maximum Gasteiger partial charge on any atom is 0.352 e. The molecule has 0 radical (unpaired) electrons. The Morgan fingerprint density at radius 3 is 1.92 bits per heavy atom. The highest BCUT2D eigenvalue weighted by Gasteiger charge is 2.24. The summed E-state index contributed by atoms with van der Waals surface area (Å²) in [6, 6.07) is 16.5. The number of carbonyl (C=O) groups is 1. The lowest BCUT2D eigenvalue weighted by molar-refractivity contribution is 0.175. The molecule has 0 aliphatic carbocycles. The van der Waals surface area contributed by atoms with Crippen molar-refractivity contribution in [2.75, 3.05) is 0 Å². The molecule has 2 rings (SSSR count). The van der Waals surface area contributed by atoms with Gasteiger partial charge in [-0.25, -0.2) is 9.00 Å². The van der Waals surface area contributed by atoms with Crippen molar-refractivity contribution in [1.82, 2.24) is 4.90 Å². The highest BCUT2D eigenvalue weighted by Crippen LogP contribution is 2.25. The third kappa shape index (κ3) is 4.12. The molecule has 0 aromatic heterocycles. The van der Waals surface area contributed by atoms with Gasteiger partial charge in [-0.3, -0.25) is 0 Å². The molecule has 6 heteroatoms. The normalized spacial score (nSPS) is 13.1. The maximum atomic E-state index is 13.9. The van der Waals surface area contributed by atoms with Crippen LogP contribution in [0.1, 0.15) is 33.3 Å². The van der Waals surface area contributed by atoms with Crippen molar-refractivity contribution in [3.63, 3.8) is 0 Å². The molecule has 26 heavy (non-hydrogen) atoms. The largest absolute Gasteiger partial charge is 0.352 e. The number of nitrogens with zero attached hydrogens (tertiary/aromatic N) is 3. The van der Waals surface area contributed by atoms with E-state index < -0.39 is 15.8 Å². The summed E-state index contributed by atoms with van der Waals surface area (Å²) in [5.41, 5.74) is 0.459. The Bertz CT molecular complexity index is 912. The molecular weight excluding hydrogens is 346 g/mol. The van der Waals surface area contributed by atoms with Gasteiger partial charge in [0.1, 0.15) is 9.73 Å². The van der Waals surface area contributed by atoms with E-state index in [1.165, 1.54) is 0 Å². The molecule has 5 nitrogen and oxygen atoms in total. The average molecular weight is 369 g/mol. The lowest BCUT2D eigenvalue weighted by atomic mass is 10.2. The Balaban J connectivity index is 2.67. The Morgan fingerprint density at radius 2 is 1.46 bits per heavy atom. The second-order valence-electron chi connectivity index (χ2n) is 6.44. The summed E-state index contributed by atoms with van der Waals surface area (Å²) in [7, 11) is -3.16. The number of urea groups is 1. The first kappa shape index (κ1) is 19.7. The van der Waals surface area contributed by atoms with Crippen LogP contribution in [0.5, 0.6) is 0 Å². The van der Waals surface area contributed by atoms with E-state index in [1.54, 1.807) is 53.4 Å². The van der Waals surface area contributed by atoms with E-state index in [1.807, 2.05) is 39.8 Å². The van der Waals surface area contributed by atoms with Crippen molar-refractivity contribution in [3.8, 4) is 6.07 Å². The Hall–Kier alpha value is -2.65. The van der Waals surface area contributed by atoms with Crippen molar-refractivity contribution >= 4 is 15.8 Å². The average Bonchev–Trinajstić information content (AvgIpc) is 2.61. The second kappa shape index (κ2) is 8.15. The molecule has 0 fully saturated rings. The molecule has 0 N–H and O–H groups in total. The number of amides is 2. The number of rotatable bonds is 4. The van der Waals surface area contributed by atoms with E-state index in [-0.39, 0.29) is 12.1 Å². The predicted molar refractivity (Wildman–Crippen MR) is 102 cm³/mol. The molecule has 2 aromatic rings. The molecule has 0 bridgehead atoms. The van der Waals surface area contributed by atoms with E-state index in [0.29, 0.717) is 15.4 Å². The van der Waals surface area contributed by atoms with Crippen LogP contribution in [0.3, 0.4) is 0 Å². The number of benzene rings is 2. The third-order valence-electron chi connectivity index (χ3n) is 3.91. The van der Waals surface area contributed by atoms with E-state index in [4.69, 9.17) is 5.26 Å². The van der Waals surface area contributed by atoms with Crippen molar-refractivity contribution in [1.29, 1.82) is 5.26 Å². The smallest absolute Gasteiger partial charge is 0.318 e. The lowest BCUT2D eigenvalue weighted by Gasteiger charge is -2.29. The minimum Gasteiger partial charge on any atom is -0.318 e. The van der Waals surface area contributed by atoms with Crippen molar-refractivity contribution < 1.29 is 9.00 Å². The van der Waals surface area contributed by atoms with Gasteiger partial charge in [-0.1, -0.05) is 18.2 Å². The number of nitriles is 1. The summed E-state index contributed by atoms with van der Waals surface area (Å²) in [4.78, 5) is 15.3. The summed E-state index contributed by atoms with van der Waals surface area (Å²) in [6.07, 6.45) is 0. The van der Waals surface area contributed by atoms with E-state index in [2.05, 4.69) is 4.36 Å². The minimum absolute atomic E-state index is 0.0633. The molecule has 0 saturated carbocycles. The van der Waals surface area contributed by atoms with Crippen molar-refractivity contribution in [2.24, 2.45) is 4.36 Å². The molecule has 2 aromatic carbocycles. The van der Waals surface area contributed by atoms with Crippen LogP contribution in [-0.2, 0) is 9.73 Å². The Labute approximate surface area is 155 Å². The van der Waals surface area contributed by atoms with E-state index >= 15 is 0 Å². The summed E-state index contributed by atoms with van der Waals surface area (Å²) in [5, 5.41) is 8.98. The molecule has 0 aliphatic rings. The van der Waals surface area contributed by atoms with Gasteiger partial charge in [-0.2, -0.15) is 5.26 Å². The van der Waals surface area contributed by atoms with Crippen LogP contribution >= 0.6 is 0 Å². The zero-order valence-corrected chi connectivity index (χ0v) is 16.2. The van der Waals surface area contributed by atoms with Gasteiger partial charge in [0, 0.05) is 12.1 Å². The third-order valence-corrected chi connectivity index (χ3v) is 6.14. The van der Waals surface area contributed by atoms with Crippen LogP contribution < -0.4 is 0 Å². The van der Waals surface area contributed by atoms with E-state index in [9.17, 15) is 9.00 Å². The van der Waals surface area contributed by atoms with Crippen molar-refractivity contribution in [2.45, 2.75) is 49.6 Å². The molecule has 0 aliphatic heterocycles. The molecule has 2 amide bonds. The topological polar surface area (TPSA) is 73.5 Å². The van der Waals surface area contributed by atoms with Crippen LogP contribution in [0.25, 0.3) is 0 Å². The van der Waals surface area contributed by atoms with Gasteiger partial charge in [0.05, 0.1) is 21.4 Å². The summed E-state index contributed by atoms with van der Waals surface area (Å²) in [6.45, 7) is 7.61. The summed E-state index contributed by atoms with van der Waals surface area (Å²) in [5.74, 6) is 0. The summed E-state index contributed by atoms with van der Waals surface area (Å²) < 4.78 is 18.0. The summed E-state index contributed by atoms with van der Waals surface area (Å²) >= 11 is 0. The fourth-order valence-corrected chi connectivity index (χ4v) is 4.58. The zero-order chi connectivity index (χ0) is 19.3. The van der Waals surface area contributed by atoms with Gasteiger partial charge >= 0.3 is 6.03 Å². The fraction of sp³-hybridized carbons (Fsp3) is 0.300. The lowest BCUT2D eigenvalue weighted by Crippen LogP contribution is -2.40. The van der Waals surface area contributed by atoms with Gasteiger partial charge < -0.3 is 4.90 Å². The highest BCUT2D eigenvalue weighted by molar-refractivity contribution is 7.94. The van der Waals surface area contributed by atoms with Crippen LogP contribution in [-0.4, -0.2) is 27.2 Å². The molecule has 0 heterocycles. The van der Waals surface area contributed by atoms with Crippen LogP contribution in [0.2, 0.25) is 0 Å². The molecule has 136 valence electrons. The monoisotopic (exact) mass is 369 g/mol. The standard InChI is InChI=1S/C20H23N3O2S/c1-15(2)23(16(3)4)20(24)22-26(25,18-8-6-5-7-9-18)19-12-10-17(14-21)11-13-19/h5-13,15-16H,1-4H3/t26-/m1/s1. The second-order valence-corrected chi connectivity index (χ2v) is 8.62. The van der Waals surface area contributed by atoms with Gasteiger partial charge in [0.25, 0.3) is 0 Å². The first-order valence-corrected chi connectivity index (χ1v) is 9.96. The van der Waals surface area contributed by atoms with Crippen molar-refractivity contribution in [3.05, 3.63) is 60.2 Å². The number of hydrogen-bond donors (Lipinski definition) is 0. The van der Waals surface area contributed by atoms with Gasteiger partial charge in [0.15, 0.2) is 0 Å². The zero-order valence-electron chi connectivity index (χ0n) is 15.4. The van der Waals surface area contributed by atoms with Gasteiger partial charge in [-0.15, -0.1) is 4.36 Å². The van der Waals surface area contributed by atoms with Gasteiger partial charge in [0.2, 0.25) is 0 Å². The molecule has 1 atom stereocenters. The maximum absolute atomic E-state index is 13.9.